The van der Waals surface area contributed by atoms with Gasteiger partial charge in [-0.05, 0) is 54.2 Å². The first-order chi connectivity index (χ1) is 21.0. The maximum atomic E-state index is 14.5. The average molecular weight is 655 g/mol. The fraction of sp³-hybridized carbons (Fsp3) is 0.364. The van der Waals surface area contributed by atoms with E-state index in [0.29, 0.717) is 51.1 Å². The molecule has 238 valence electrons. The van der Waals surface area contributed by atoms with Crippen molar-refractivity contribution in [3.8, 4) is 0 Å². The van der Waals surface area contributed by atoms with Crippen molar-refractivity contribution in [3.05, 3.63) is 101 Å². The van der Waals surface area contributed by atoms with Gasteiger partial charge in [-0.1, -0.05) is 54.6 Å². The SMILES string of the molecule is CS(=O)(=O)c1ccc(CN2C(=O)NC3(CCN(CC4CN(C(=O)c5ccccc5F)CC4c4ccccc4)CC3)C2=O)cc1.Cl. The Bertz CT molecular complexity index is 1680. The Morgan fingerprint density at radius 2 is 1.58 bits per heavy atom. The predicted molar refractivity (Wildman–Crippen MR) is 169 cm³/mol. The van der Waals surface area contributed by atoms with Crippen molar-refractivity contribution in [2.24, 2.45) is 5.92 Å². The Morgan fingerprint density at radius 3 is 2.22 bits per heavy atom. The van der Waals surface area contributed by atoms with Crippen LogP contribution >= 0.6 is 12.4 Å². The molecule has 6 rings (SSSR count). The third-order valence-corrected chi connectivity index (χ3v) is 10.3. The standard InChI is InChI=1S/C33H35FN4O5S.ClH/c1-44(42,43)26-13-11-23(12-14-26)19-38-31(40)33(35-32(38)41)15-17-36(18-16-33)20-25-21-37(22-28(25)24-7-3-2-4-8-24)30(39)27-9-5-6-10-29(27)34;/h2-14,25,28H,15-22H2,1H3,(H,35,41);1H. The summed E-state index contributed by atoms with van der Waals surface area (Å²) in [6.45, 7) is 2.96. The first-order valence-corrected chi connectivity index (χ1v) is 16.7. The van der Waals surface area contributed by atoms with Crippen LogP contribution in [0.2, 0.25) is 0 Å². The molecule has 3 aromatic rings. The van der Waals surface area contributed by atoms with E-state index < -0.39 is 27.2 Å². The van der Waals surface area contributed by atoms with Crippen LogP contribution in [-0.4, -0.2) is 85.5 Å². The molecule has 2 unspecified atom stereocenters. The van der Waals surface area contributed by atoms with E-state index in [0.717, 1.165) is 11.8 Å². The van der Waals surface area contributed by atoms with E-state index in [4.69, 9.17) is 0 Å². The summed E-state index contributed by atoms with van der Waals surface area (Å²) in [6.07, 6.45) is 2.05. The first kappa shape index (κ1) is 32.6. The second kappa shape index (κ2) is 12.9. The fourth-order valence-electron chi connectivity index (χ4n) is 6.74. The number of carbonyl (C=O) groups excluding carboxylic acids is 3. The van der Waals surface area contributed by atoms with E-state index in [-0.39, 0.29) is 53.1 Å². The lowest BCUT2D eigenvalue weighted by molar-refractivity contribution is -0.133. The van der Waals surface area contributed by atoms with E-state index in [2.05, 4.69) is 22.3 Å². The molecule has 3 aliphatic heterocycles. The van der Waals surface area contributed by atoms with Crippen molar-refractivity contribution in [2.45, 2.75) is 35.7 Å². The molecular formula is C33H36ClFN4O5S. The summed E-state index contributed by atoms with van der Waals surface area (Å²) in [5.41, 5.74) is 0.902. The zero-order chi connectivity index (χ0) is 31.1. The van der Waals surface area contributed by atoms with Gasteiger partial charge in [0, 0.05) is 44.9 Å². The highest BCUT2D eigenvalue weighted by Crippen LogP contribution is 2.36. The van der Waals surface area contributed by atoms with Gasteiger partial charge in [-0.25, -0.2) is 17.6 Å². The molecule has 0 saturated carbocycles. The van der Waals surface area contributed by atoms with Crippen molar-refractivity contribution < 1.29 is 27.2 Å². The normalized spacial score (nSPS) is 21.6. The molecular weight excluding hydrogens is 619 g/mol. The van der Waals surface area contributed by atoms with E-state index >= 15 is 0 Å². The molecule has 9 nitrogen and oxygen atoms in total. The molecule has 3 heterocycles. The van der Waals surface area contributed by atoms with Crippen molar-refractivity contribution >= 4 is 40.1 Å². The Balaban J connectivity index is 0.00000400. The van der Waals surface area contributed by atoms with Crippen LogP contribution in [0.5, 0.6) is 0 Å². The lowest BCUT2D eigenvalue weighted by atomic mass is 9.85. The molecule has 2 atom stereocenters. The number of nitrogens with zero attached hydrogens (tertiary/aromatic N) is 3. The van der Waals surface area contributed by atoms with Gasteiger partial charge in [0.25, 0.3) is 11.8 Å². The first-order valence-electron chi connectivity index (χ1n) is 14.8. The van der Waals surface area contributed by atoms with Crippen LogP contribution in [0.15, 0.2) is 83.8 Å². The fourth-order valence-corrected chi connectivity index (χ4v) is 7.37. The molecule has 3 fully saturated rings. The minimum absolute atomic E-state index is 0. The summed E-state index contributed by atoms with van der Waals surface area (Å²) in [5.74, 6) is -0.905. The Labute approximate surface area is 268 Å². The molecule has 0 radical (unpaired) electrons. The molecule has 1 spiro atoms. The number of nitrogens with one attached hydrogen (secondary N) is 1. The second-order valence-electron chi connectivity index (χ2n) is 12.1. The number of urea groups is 1. The van der Waals surface area contributed by atoms with Crippen LogP contribution in [0.1, 0.15) is 40.2 Å². The van der Waals surface area contributed by atoms with E-state index in [1.807, 2.05) is 18.2 Å². The lowest BCUT2D eigenvalue weighted by Gasteiger charge is -2.38. The summed E-state index contributed by atoms with van der Waals surface area (Å²) in [5, 5.41) is 2.95. The summed E-state index contributed by atoms with van der Waals surface area (Å²) in [7, 11) is -3.34. The van der Waals surface area contributed by atoms with Crippen LogP contribution in [0.3, 0.4) is 0 Å². The molecule has 0 aliphatic carbocycles. The number of imide groups is 1. The number of amides is 4. The minimum Gasteiger partial charge on any atom is -0.338 e. The van der Waals surface area contributed by atoms with Crippen molar-refractivity contribution in [3.63, 3.8) is 0 Å². The summed E-state index contributed by atoms with van der Waals surface area (Å²) >= 11 is 0. The van der Waals surface area contributed by atoms with Crippen molar-refractivity contribution in [1.82, 2.24) is 20.0 Å². The van der Waals surface area contributed by atoms with E-state index in [1.165, 1.54) is 29.2 Å². The van der Waals surface area contributed by atoms with Gasteiger partial charge in [0.15, 0.2) is 9.84 Å². The number of rotatable bonds is 7. The molecule has 3 aliphatic rings. The maximum Gasteiger partial charge on any atom is 0.325 e. The number of hydrogen-bond donors (Lipinski definition) is 1. The number of benzene rings is 3. The largest absolute Gasteiger partial charge is 0.338 e. The van der Waals surface area contributed by atoms with Gasteiger partial charge >= 0.3 is 6.03 Å². The molecule has 1 N–H and O–H groups in total. The van der Waals surface area contributed by atoms with Gasteiger partial charge in [0.2, 0.25) is 0 Å². The lowest BCUT2D eigenvalue weighted by Crippen LogP contribution is -2.55. The topological polar surface area (TPSA) is 107 Å². The van der Waals surface area contributed by atoms with Gasteiger partial charge in [-0.3, -0.25) is 14.5 Å². The number of piperidine rings is 1. The van der Waals surface area contributed by atoms with Crippen LogP contribution in [0, 0.1) is 11.7 Å². The van der Waals surface area contributed by atoms with Gasteiger partial charge in [0.05, 0.1) is 17.0 Å². The van der Waals surface area contributed by atoms with Gasteiger partial charge < -0.3 is 15.1 Å². The number of sulfone groups is 1. The van der Waals surface area contributed by atoms with Gasteiger partial charge in [-0.15, -0.1) is 12.4 Å². The summed E-state index contributed by atoms with van der Waals surface area (Å²) in [4.78, 5) is 45.2. The molecule has 45 heavy (non-hydrogen) atoms. The Hall–Kier alpha value is -3.80. The van der Waals surface area contributed by atoms with Gasteiger partial charge in [-0.2, -0.15) is 0 Å². The predicted octanol–water partition coefficient (Wildman–Crippen LogP) is 4.09. The number of hydrogen-bond acceptors (Lipinski definition) is 6. The highest BCUT2D eigenvalue weighted by molar-refractivity contribution is 7.90. The van der Waals surface area contributed by atoms with Crippen LogP contribution in [0.4, 0.5) is 9.18 Å². The molecule has 4 amide bonds. The van der Waals surface area contributed by atoms with E-state index in [1.54, 1.807) is 29.2 Å². The molecule has 0 aromatic heterocycles. The summed E-state index contributed by atoms with van der Waals surface area (Å²) < 4.78 is 38.0. The molecule has 0 bridgehead atoms. The molecule has 12 heteroatoms. The highest BCUT2D eigenvalue weighted by Gasteiger charge is 2.52. The number of likely N-dealkylation sites (tertiary alicyclic amines) is 2. The zero-order valence-corrected chi connectivity index (χ0v) is 26.5. The summed E-state index contributed by atoms with van der Waals surface area (Å²) in [6, 6.07) is 21.9. The van der Waals surface area contributed by atoms with Crippen LogP contribution in [0.25, 0.3) is 0 Å². The third-order valence-electron chi connectivity index (χ3n) is 9.20. The van der Waals surface area contributed by atoms with E-state index in [9.17, 15) is 27.2 Å². The van der Waals surface area contributed by atoms with Crippen molar-refractivity contribution in [2.75, 3.05) is 39.0 Å². The third kappa shape index (κ3) is 6.61. The monoisotopic (exact) mass is 654 g/mol. The number of carbonyl (C=O) groups is 3. The van der Waals surface area contributed by atoms with Gasteiger partial charge in [0.1, 0.15) is 11.4 Å². The minimum atomic E-state index is -3.34. The number of halogens is 2. The Kier molecular flexibility index (Phi) is 9.34. The highest BCUT2D eigenvalue weighted by atomic mass is 35.5. The molecule has 3 aromatic carbocycles. The smallest absolute Gasteiger partial charge is 0.325 e. The second-order valence-corrected chi connectivity index (χ2v) is 14.1. The van der Waals surface area contributed by atoms with Crippen molar-refractivity contribution in [1.29, 1.82) is 0 Å². The van der Waals surface area contributed by atoms with Crippen LogP contribution in [-0.2, 0) is 21.2 Å². The molecule has 3 saturated heterocycles. The average Bonchev–Trinajstić information content (AvgIpc) is 3.53. The zero-order valence-electron chi connectivity index (χ0n) is 24.9. The van der Waals surface area contributed by atoms with Crippen LogP contribution < -0.4 is 5.32 Å². The Morgan fingerprint density at radius 1 is 0.933 bits per heavy atom. The maximum absolute atomic E-state index is 14.5. The quantitative estimate of drug-likeness (QED) is 0.385.